The molecule has 6 heteroatoms. The van der Waals surface area contributed by atoms with Gasteiger partial charge in [0.1, 0.15) is 11.6 Å². The number of hydrogen-bond acceptors (Lipinski definition) is 3. The van der Waals surface area contributed by atoms with Crippen molar-refractivity contribution in [2.75, 3.05) is 38.2 Å². The van der Waals surface area contributed by atoms with Gasteiger partial charge in [-0.2, -0.15) is 0 Å². The number of benzene rings is 2. The Balaban J connectivity index is 1.68. The van der Waals surface area contributed by atoms with Crippen LogP contribution in [-0.4, -0.2) is 44.1 Å². The standard InChI is InChI=1S/C18H18BrFN2O2/c1-24-15-6-7-17(19)16(12-15)18(23)22-10-8-21(9-11-22)14-4-2-13(20)3-5-14/h2-7,12H,8-11H2,1H3. The molecule has 1 aliphatic heterocycles. The summed E-state index contributed by atoms with van der Waals surface area (Å²) in [5, 5.41) is 0. The first-order valence-corrected chi connectivity index (χ1v) is 8.51. The Morgan fingerprint density at radius 3 is 2.38 bits per heavy atom. The van der Waals surface area contributed by atoms with Gasteiger partial charge in [-0.1, -0.05) is 0 Å². The lowest BCUT2D eigenvalue weighted by Gasteiger charge is -2.36. The molecular weight excluding hydrogens is 375 g/mol. The zero-order valence-electron chi connectivity index (χ0n) is 13.3. The third kappa shape index (κ3) is 3.53. The number of rotatable bonds is 3. The van der Waals surface area contributed by atoms with Gasteiger partial charge in [0.25, 0.3) is 5.91 Å². The van der Waals surface area contributed by atoms with E-state index in [4.69, 9.17) is 4.74 Å². The summed E-state index contributed by atoms with van der Waals surface area (Å²) < 4.78 is 19.0. The number of methoxy groups -OCH3 is 1. The maximum atomic E-state index is 13.0. The summed E-state index contributed by atoms with van der Waals surface area (Å²) in [6, 6.07) is 11.8. The predicted octanol–water partition coefficient (Wildman–Crippen LogP) is 3.56. The summed E-state index contributed by atoms with van der Waals surface area (Å²) >= 11 is 3.43. The van der Waals surface area contributed by atoms with Crippen LogP contribution in [0.15, 0.2) is 46.9 Å². The van der Waals surface area contributed by atoms with Crippen LogP contribution in [0.2, 0.25) is 0 Å². The van der Waals surface area contributed by atoms with E-state index < -0.39 is 0 Å². The van der Waals surface area contributed by atoms with Crippen LogP contribution in [0.25, 0.3) is 0 Å². The highest BCUT2D eigenvalue weighted by Crippen LogP contribution is 2.25. The molecule has 3 rings (SSSR count). The molecule has 2 aromatic rings. The Kier molecular flexibility index (Phi) is 5.04. The van der Waals surface area contributed by atoms with E-state index in [1.807, 2.05) is 17.0 Å². The molecular formula is C18H18BrFN2O2. The lowest BCUT2D eigenvalue weighted by atomic mass is 10.1. The van der Waals surface area contributed by atoms with E-state index >= 15 is 0 Å². The minimum Gasteiger partial charge on any atom is -0.497 e. The number of anilines is 1. The highest BCUT2D eigenvalue weighted by molar-refractivity contribution is 9.10. The van der Waals surface area contributed by atoms with Gasteiger partial charge in [-0.3, -0.25) is 4.79 Å². The van der Waals surface area contributed by atoms with E-state index in [1.165, 1.54) is 12.1 Å². The van der Waals surface area contributed by atoms with Crippen LogP contribution >= 0.6 is 15.9 Å². The smallest absolute Gasteiger partial charge is 0.255 e. The number of ether oxygens (including phenoxy) is 1. The quantitative estimate of drug-likeness (QED) is 0.800. The highest BCUT2D eigenvalue weighted by Gasteiger charge is 2.24. The molecule has 0 N–H and O–H groups in total. The van der Waals surface area contributed by atoms with E-state index in [-0.39, 0.29) is 11.7 Å². The Morgan fingerprint density at radius 1 is 1.08 bits per heavy atom. The second-order valence-electron chi connectivity index (χ2n) is 5.60. The molecule has 1 fully saturated rings. The summed E-state index contributed by atoms with van der Waals surface area (Å²) in [6.07, 6.45) is 0. The fourth-order valence-electron chi connectivity index (χ4n) is 2.79. The van der Waals surface area contributed by atoms with Crippen molar-refractivity contribution in [3.8, 4) is 5.75 Å². The lowest BCUT2D eigenvalue weighted by Crippen LogP contribution is -2.48. The number of hydrogen-bond donors (Lipinski definition) is 0. The van der Waals surface area contributed by atoms with Gasteiger partial charge in [-0.25, -0.2) is 4.39 Å². The van der Waals surface area contributed by atoms with Gasteiger partial charge >= 0.3 is 0 Å². The van der Waals surface area contributed by atoms with Crippen LogP contribution in [0, 0.1) is 5.82 Å². The van der Waals surface area contributed by atoms with Crippen LogP contribution in [-0.2, 0) is 0 Å². The maximum absolute atomic E-state index is 13.0. The van der Waals surface area contributed by atoms with E-state index in [0.29, 0.717) is 24.4 Å². The number of carbonyl (C=O) groups excluding carboxylic acids is 1. The third-order valence-corrected chi connectivity index (χ3v) is 4.85. The number of nitrogens with zero attached hydrogens (tertiary/aromatic N) is 2. The molecule has 0 unspecified atom stereocenters. The summed E-state index contributed by atoms with van der Waals surface area (Å²) in [6.45, 7) is 2.69. The summed E-state index contributed by atoms with van der Waals surface area (Å²) in [4.78, 5) is 16.7. The highest BCUT2D eigenvalue weighted by atomic mass is 79.9. The number of piperazine rings is 1. The van der Waals surface area contributed by atoms with Gasteiger partial charge in [0, 0.05) is 36.3 Å². The normalized spacial score (nSPS) is 14.6. The third-order valence-electron chi connectivity index (χ3n) is 4.16. The van der Waals surface area contributed by atoms with Crippen molar-refractivity contribution in [1.29, 1.82) is 0 Å². The minimum absolute atomic E-state index is 0.0143. The fourth-order valence-corrected chi connectivity index (χ4v) is 3.20. The zero-order valence-corrected chi connectivity index (χ0v) is 14.9. The number of carbonyl (C=O) groups is 1. The average molecular weight is 393 g/mol. The van der Waals surface area contributed by atoms with Crippen LogP contribution in [0.4, 0.5) is 10.1 Å². The molecule has 0 saturated carbocycles. The molecule has 0 spiro atoms. The van der Waals surface area contributed by atoms with E-state index in [9.17, 15) is 9.18 Å². The number of halogens is 2. The second kappa shape index (κ2) is 7.21. The van der Waals surface area contributed by atoms with Crippen molar-refractivity contribution >= 4 is 27.5 Å². The van der Waals surface area contributed by atoms with Crippen LogP contribution in [0.3, 0.4) is 0 Å². The average Bonchev–Trinajstić information content (AvgIpc) is 2.62. The minimum atomic E-state index is -0.240. The van der Waals surface area contributed by atoms with Crippen molar-refractivity contribution in [1.82, 2.24) is 4.90 Å². The first-order chi connectivity index (χ1) is 11.6. The Morgan fingerprint density at radius 2 is 1.75 bits per heavy atom. The molecule has 24 heavy (non-hydrogen) atoms. The zero-order chi connectivity index (χ0) is 17.1. The van der Waals surface area contributed by atoms with Gasteiger partial charge in [0.2, 0.25) is 0 Å². The van der Waals surface area contributed by atoms with Gasteiger partial charge in [-0.05, 0) is 58.4 Å². The summed E-state index contributed by atoms with van der Waals surface area (Å²) in [7, 11) is 1.58. The predicted molar refractivity (Wildman–Crippen MR) is 95.2 cm³/mol. The van der Waals surface area contributed by atoms with E-state index in [1.54, 1.807) is 25.3 Å². The Labute approximate surface area is 149 Å². The lowest BCUT2D eigenvalue weighted by molar-refractivity contribution is 0.0745. The van der Waals surface area contributed by atoms with E-state index in [2.05, 4.69) is 20.8 Å². The van der Waals surface area contributed by atoms with Crippen molar-refractivity contribution in [3.63, 3.8) is 0 Å². The monoisotopic (exact) mass is 392 g/mol. The summed E-state index contributed by atoms with van der Waals surface area (Å²) in [5.74, 6) is 0.404. The molecule has 1 saturated heterocycles. The van der Waals surface area contributed by atoms with Crippen molar-refractivity contribution in [3.05, 3.63) is 58.3 Å². The Bertz CT molecular complexity index is 728. The summed E-state index contributed by atoms with van der Waals surface area (Å²) in [5.41, 5.74) is 1.58. The molecule has 1 amide bonds. The van der Waals surface area contributed by atoms with Gasteiger partial charge < -0.3 is 14.5 Å². The molecule has 1 aliphatic rings. The maximum Gasteiger partial charge on any atom is 0.255 e. The molecule has 0 aromatic heterocycles. The van der Waals surface area contributed by atoms with Crippen molar-refractivity contribution in [2.24, 2.45) is 0 Å². The van der Waals surface area contributed by atoms with E-state index in [0.717, 1.165) is 23.2 Å². The molecule has 0 radical (unpaired) electrons. The van der Waals surface area contributed by atoms with Crippen molar-refractivity contribution < 1.29 is 13.9 Å². The Hall–Kier alpha value is -2.08. The SMILES string of the molecule is COc1ccc(Br)c(C(=O)N2CCN(c3ccc(F)cc3)CC2)c1. The van der Waals surface area contributed by atoms with Gasteiger partial charge in [0.15, 0.2) is 0 Å². The van der Waals surface area contributed by atoms with Gasteiger partial charge in [-0.15, -0.1) is 0 Å². The van der Waals surface area contributed by atoms with Crippen LogP contribution in [0.1, 0.15) is 10.4 Å². The van der Waals surface area contributed by atoms with Crippen LogP contribution < -0.4 is 9.64 Å². The molecule has 2 aromatic carbocycles. The number of amides is 1. The molecule has 0 aliphatic carbocycles. The molecule has 1 heterocycles. The first-order valence-electron chi connectivity index (χ1n) is 7.72. The topological polar surface area (TPSA) is 32.8 Å². The van der Waals surface area contributed by atoms with Crippen LogP contribution in [0.5, 0.6) is 5.75 Å². The van der Waals surface area contributed by atoms with Crippen molar-refractivity contribution in [2.45, 2.75) is 0 Å². The fraction of sp³-hybridized carbons (Fsp3) is 0.278. The molecule has 4 nitrogen and oxygen atoms in total. The molecule has 0 atom stereocenters. The van der Waals surface area contributed by atoms with Gasteiger partial charge in [0.05, 0.1) is 12.7 Å². The first kappa shape index (κ1) is 16.8. The second-order valence-corrected chi connectivity index (χ2v) is 6.46. The largest absolute Gasteiger partial charge is 0.497 e. The molecule has 0 bridgehead atoms. The molecule has 126 valence electrons.